The van der Waals surface area contributed by atoms with Gasteiger partial charge >= 0.3 is 7.32 Å². The molecule has 32 valence electrons. The van der Waals surface area contributed by atoms with Crippen LogP contribution in [0.4, 0.5) is 0 Å². The first-order chi connectivity index (χ1) is 1.73. The van der Waals surface area contributed by atoms with Gasteiger partial charge in [0.15, 0.2) is 0 Å². The van der Waals surface area contributed by atoms with Gasteiger partial charge in [-0.25, -0.2) is 0 Å². The summed E-state index contributed by atoms with van der Waals surface area (Å²) in [5.74, 6) is 0. The van der Waals surface area contributed by atoms with Crippen molar-refractivity contribution in [3.05, 3.63) is 0 Å². The Kier molecular flexibility index (Phi) is 25.4. The molecule has 0 bridgehead atoms. The van der Waals surface area contributed by atoms with Crippen molar-refractivity contribution in [1.29, 1.82) is 0 Å². The van der Waals surface area contributed by atoms with Gasteiger partial charge in [0, 0.05) is 48.4 Å². The van der Waals surface area contributed by atoms with Gasteiger partial charge in [-0.05, 0) is 0 Å². The van der Waals surface area contributed by atoms with Crippen LogP contribution in [0.1, 0.15) is 0 Å². The fourth-order valence-electron chi connectivity index (χ4n) is 0. The Balaban J connectivity index is -0.0000000450. The van der Waals surface area contributed by atoms with Crippen LogP contribution in [0.2, 0.25) is 0 Å². The van der Waals surface area contributed by atoms with Crippen LogP contribution in [-0.4, -0.2) is 22.4 Å². The van der Waals surface area contributed by atoms with E-state index in [0.717, 1.165) is 0 Å². The zero-order chi connectivity index (χ0) is 3.58. The van der Waals surface area contributed by atoms with E-state index in [1.54, 1.807) is 0 Å². The van der Waals surface area contributed by atoms with E-state index in [-0.39, 0.29) is 48.4 Å². The zero-order valence-electron chi connectivity index (χ0n) is 3.03. The second kappa shape index (κ2) is 9.75. The smallest absolute Gasteiger partial charge is 0.402 e. The van der Waals surface area contributed by atoms with Crippen molar-refractivity contribution in [3.8, 4) is 0 Å². The van der Waals surface area contributed by atoms with E-state index in [1.165, 1.54) is 0 Å². The topological polar surface area (TPSA) is 60.7 Å². The standard InChI is InChI=1S/BH3O3.Cd.W/c2-1(3)4;;/h2-4H;;. The first kappa shape index (κ1) is 15.6. The molecule has 0 saturated heterocycles. The number of hydrogen-bond donors (Lipinski definition) is 3. The largest absolute Gasteiger partial charge is 0.631 e. The molecule has 6 heteroatoms. The van der Waals surface area contributed by atoms with Crippen molar-refractivity contribution in [2.75, 3.05) is 0 Å². The first-order valence-electron chi connectivity index (χ1n) is 0.775. The fourth-order valence-corrected chi connectivity index (χ4v) is 0. The van der Waals surface area contributed by atoms with E-state index < -0.39 is 7.32 Å². The van der Waals surface area contributed by atoms with Crippen molar-refractivity contribution >= 4 is 7.32 Å². The molecule has 0 aliphatic rings. The summed E-state index contributed by atoms with van der Waals surface area (Å²) in [5.41, 5.74) is 0. The van der Waals surface area contributed by atoms with E-state index in [4.69, 9.17) is 15.1 Å². The molecule has 0 aliphatic heterocycles. The maximum atomic E-state index is 7.17. The van der Waals surface area contributed by atoms with Crippen molar-refractivity contribution in [2.24, 2.45) is 0 Å². The van der Waals surface area contributed by atoms with Gasteiger partial charge in [-0.2, -0.15) is 0 Å². The normalized spacial score (nSPS) is 4.50. The average Bonchev–Trinajstić information content (AvgIpc) is 0.811. The van der Waals surface area contributed by atoms with Gasteiger partial charge in [0.05, 0.1) is 0 Å². The average molecular weight is 358 g/mol. The molecule has 0 aromatic rings. The number of hydrogen-bond acceptors (Lipinski definition) is 3. The molecule has 0 atom stereocenters. The van der Waals surface area contributed by atoms with Gasteiger partial charge in [-0.1, -0.05) is 0 Å². The van der Waals surface area contributed by atoms with Crippen LogP contribution in [0.3, 0.4) is 0 Å². The van der Waals surface area contributed by atoms with Crippen LogP contribution >= 0.6 is 0 Å². The third-order valence-electron chi connectivity index (χ3n) is 0. The minimum absolute atomic E-state index is 0. The maximum Gasteiger partial charge on any atom is 0.631 e. The van der Waals surface area contributed by atoms with Crippen LogP contribution < -0.4 is 0 Å². The molecule has 0 aliphatic carbocycles. The summed E-state index contributed by atoms with van der Waals surface area (Å²) in [6.07, 6.45) is 0. The molecule has 0 unspecified atom stereocenters. The summed E-state index contributed by atoms with van der Waals surface area (Å²) in [7, 11) is -2.17. The molecular formula is H3BCdO3W. The van der Waals surface area contributed by atoms with Gasteiger partial charge in [-0.15, -0.1) is 0 Å². The summed E-state index contributed by atoms with van der Waals surface area (Å²) in [4.78, 5) is 0. The quantitative estimate of drug-likeness (QED) is 0.437. The summed E-state index contributed by atoms with van der Waals surface area (Å²) in [5, 5.41) is 21.5. The van der Waals surface area contributed by atoms with E-state index >= 15 is 0 Å². The van der Waals surface area contributed by atoms with Crippen molar-refractivity contribution < 1.29 is 63.4 Å². The second-order valence-corrected chi connectivity index (χ2v) is 0.346. The van der Waals surface area contributed by atoms with Crippen molar-refractivity contribution in [3.63, 3.8) is 0 Å². The van der Waals surface area contributed by atoms with Gasteiger partial charge in [0.25, 0.3) is 0 Å². The minimum atomic E-state index is -2.17. The Bertz CT molecular complexity index is 15.5. The Morgan fingerprint density at radius 2 is 1.00 bits per heavy atom. The molecule has 0 rings (SSSR count). The Hall–Kier alpha value is 1.56. The second-order valence-electron chi connectivity index (χ2n) is 0.346. The zero-order valence-corrected chi connectivity index (χ0v) is 10.0. The molecule has 0 heterocycles. The van der Waals surface area contributed by atoms with Gasteiger partial charge < -0.3 is 15.1 Å². The van der Waals surface area contributed by atoms with Gasteiger partial charge in [-0.3, -0.25) is 0 Å². The molecule has 3 nitrogen and oxygen atoms in total. The van der Waals surface area contributed by atoms with Crippen molar-refractivity contribution in [2.45, 2.75) is 0 Å². The Morgan fingerprint density at radius 1 is 1.00 bits per heavy atom. The molecule has 0 spiro atoms. The predicted molar refractivity (Wildman–Crippen MR) is 12.4 cm³/mol. The molecule has 0 aromatic heterocycles. The van der Waals surface area contributed by atoms with Gasteiger partial charge in [0.1, 0.15) is 0 Å². The molecule has 0 fully saturated rings. The predicted octanol–water partition coefficient (Wildman–Crippen LogP) is -2.06. The molecule has 0 saturated carbocycles. The van der Waals surface area contributed by atoms with Crippen LogP contribution in [-0.2, 0) is 48.4 Å². The van der Waals surface area contributed by atoms with Crippen LogP contribution in [0.5, 0.6) is 0 Å². The molecule has 0 aromatic carbocycles. The third kappa shape index (κ3) is 47.7. The molecule has 6 heavy (non-hydrogen) atoms. The Labute approximate surface area is 70.4 Å². The van der Waals surface area contributed by atoms with E-state index in [9.17, 15) is 0 Å². The van der Waals surface area contributed by atoms with Crippen LogP contribution in [0.25, 0.3) is 0 Å². The van der Waals surface area contributed by atoms with Gasteiger partial charge in [0.2, 0.25) is 0 Å². The Morgan fingerprint density at radius 3 is 1.00 bits per heavy atom. The van der Waals surface area contributed by atoms with E-state index in [2.05, 4.69) is 0 Å². The summed E-state index contributed by atoms with van der Waals surface area (Å²) < 4.78 is 0. The van der Waals surface area contributed by atoms with Crippen molar-refractivity contribution in [1.82, 2.24) is 0 Å². The molecule has 0 radical (unpaired) electrons. The number of rotatable bonds is 0. The van der Waals surface area contributed by atoms with Crippen LogP contribution in [0.15, 0.2) is 0 Å². The third-order valence-corrected chi connectivity index (χ3v) is 0. The monoisotopic (exact) mass is 360 g/mol. The fraction of sp³-hybridized carbons (Fsp3) is 0. The first-order valence-corrected chi connectivity index (χ1v) is 0.775. The van der Waals surface area contributed by atoms with E-state index in [0.29, 0.717) is 0 Å². The minimum Gasteiger partial charge on any atom is -0.402 e. The molecular weight excluding hydrogens is 355 g/mol. The molecule has 3 N–H and O–H groups in total. The summed E-state index contributed by atoms with van der Waals surface area (Å²) in [6, 6.07) is 0. The summed E-state index contributed by atoms with van der Waals surface area (Å²) >= 11 is 0. The summed E-state index contributed by atoms with van der Waals surface area (Å²) in [6.45, 7) is 0. The SMILES string of the molecule is OB(O)O.[Cd].[W]. The molecule has 0 amide bonds. The maximum absolute atomic E-state index is 7.17. The van der Waals surface area contributed by atoms with Crippen LogP contribution in [0, 0.1) is 0 Å². The van der Waals surface area contributed by atoms with E-state index in [1.807, 2.05) is 0 Å².